The maximum absolute atomic E-state index is 12.8. The van der Waals surface area contributed by atoms with Crippen LogP contribution >= 0.6 is 11.3 Å². The van der Waals surface area contributed by atoms with Crippen LogP contribution in [0.3, 0.4) is 0 Å². The van der Waals surface area contributed by atoms with Gasteiger partial charge in [-0.05, 0) is 18.9 Å². The van der Waals surface area contributed by atoms with Crippen LogP contribution in [0.1, 0.15) is 54.0 Å². The van der Waals surface area contributed by atoms with Gasteiger partial charge in [0.2, 0.25) is 5.13 Å². The van der Waals surface area contributed by atoms with Gasteiger partial charge in [-0.3, -0.25) is 14.9 Å². The highest BCUT2D eigenvalue weighted by Gasteiger charge is 2.27. The number of amides is 1. The predicted molar refractivity (Wildman–Crippen MR) is 98.4 cm³/mol. The smallest absolute Gasteiger partial charge is 0.259 e. The van der Waals surface area contributed by atoms with Crippen molar-refractivity contribution in [2.75, 3.05) is 5.32 Å². The number of fused-ring (bicyclic) bond motifs is 1. The van der Waals surface area contributed by atoms with E-state index >= 15 is 0 Å². The fourth-order valence-corrected chi connectivity index (χ4v) is 3.54. The number of rotatable bonds is 4. The van der Waals surface area contributed by atoms with E-state index in [1.807, 2.05) is 32.0 Å². The van der Waals surface area contributed by atoms with E-state index in [1.54, 1.807) is 16.8 Å². The second kappa shape index (κ2) is 6.07. The number of aromatic nitrogens is 3. The summed E-state index contributed by atoms with van der Waals surface area (Å²) in [6, 6.07) is 7.44. The largest absolute Gasteiger partial charge is 0.311 e. The van der Waals surface area contributed by atoms with Crippen LogP contribution in [0.25, 0.3) is 10.8 Å². The van der Waals surface area contributed by atoms with Crippen molar-refractivity contribution in [2.45, 2.75) is 38.6 Å². The average Bonchev–Trinajstić information content (AvgIpc) is 3.33. The summed E-state index contributed by atoms with van der Waals surface area (Å²) in [5, 5.41) is 13.5. The van der Waals surface area contributed by atoms with E-state index in [1.165, 1.54) is 11.3 Å². The van der Waals surface area contributed by atoms with Gasteiger partial charge in [0, 0.05) is 28.9 Å². The molecule has 1 aliphatic carbocycles. The number of pyridine rings is 1. The van der Waals surface area contributed by atoms with Crippen molar-refractivity contribution in [3.8, 4) is 0 Å². The Hall–Kier alpha value is -2.54. The third-order valence-electron chi connectivity index (χ3n) is 4.29. The number of hydrogen-bond donors (Lipinski definition) is 1. The lowest BCUT2D eigenvalue weighted by atomic mass is 10.1. The molecule has 2 aromatic heterocycles. The van der Waals surface area contributed by atoms with E-state index in [4.69, 9.17) is 0 Å². The van der Waals surface area contributed by atoms with E-state index in [-0.39, 0.29) is 23.4 Å². The van der Waals surface area contributed by atoms with Gasteiger partial charge in [0.1, 0.15) is 5.01 Å². The van der Waals surface area contributed by atoms with Crippen LogP contribution in [-0.2, 0) is 0 Å². The summed E-state index contributed by atoms with van der Waals surface area (Å²) < 4.78 is 1.69. The van der Waals surface area contributed by atoms with Crippen molar-refractivity contribution in [3.63, 3.8) is 0 Å². The molecule has 7 heteroatoms. The van der Waals surface area contributed by atoms with E-state index in [9.17, 15) is 9.59 Å². The number of nitrogens with zero attached hydrogens (tertiary/aromatic N) is 3. The van der Waals surface area contributed by atoms with Gasteiger partial charge in [0.25, 0.3) is 11.5 Å². The maximum atomic E-state index is 12.8. The summed E-state index contributed by atoms with van der Waals surface area (Å²) in [5.74, 6) is -0.00203. The van der Waals surface area contributed by atoms with E-state index in [0.29, 0.717) is 21.5 Å². The molecule has 0 unspecified atom stereocenters. The number of anilines is 1. The minimum atomic E-state index is -0.267. The molecule has 0 saturated heterocycles. The molecule has 1 aromatic carbocycles. The number of hydrogen-bond acceptors (Lipinski definition) is 5. The molecule has 0 aliphatic heterocycles. The lowest BCUT2D eigenvalue weighted by Crippen LogP contribution is -2.23. The summed E-state index contributed by atoms with van der Waals surface area (Å²) in [5.41, 5.74) is 0.455. The molecule has 1 amide bonds. The van der Waals surface area contributed by atoms with Gasteiger partial charge in [-0.25, -0.2) is 0 Å². The standard InChI is InChI=1S/C18H18N4O2S/c1-10(2)16-20-21-18(25-16)19-15(23)14-9-22(11-7-8-11)17(24)13-6-4-3-5-12(13)14/h3-6,9-11H,7-8H2,1-2H3,(H,19,21,23). The van der Waals surface area contributed by atoms with Crippen molar-refractivity contribution >= 4 is 33.1 Å². The SMILES string of the molecule is CC(C)c1nnc(NC(=O)c2cn(C3CC3)c(=O)c3ccccc23)s1. The average molecular weight is 354 g/mol. The first-order valence-electron chi connectivity index (χ1n) is 8.33. The van der Waals surface area contributed by atoms with Crippen molar-refractivity contribution < 1.29 is 4.79 Å². The van der Waals surface area contributed by atoms with Gasteiger partial charge >= 0.3 is 0 Å². The van der Waals surface area contributed by atoms with Gasteiger partial charge in [-0.1, -0.05) is 43.4 Å². The summed E-state index contributed by atoms with van der Waals surface area (Å²) in [4.78, 5) is 25.5. The van der Waals surface area contributed by atoms with Gasteiger partial charge in [0.05, 0.1) is 5.56 Å². The van der Waals surface area contributed by atoms with E-state index in [0.717, 1.165) is 17.8 Å². The minimum absolute atomic E-state index is 0.0346. The van der Waals surface area contributed by atoms with Crippen molar-refractivity contribution in [1.29, 1.82) is 0 Å². The first-order valence-corrected chi connectivity index (χ1v) is 9.15. The molecule has 0 atom stereocenters. The second-order valence-electron chi connectivity index (χ2n) is 6.59. The highest BCUT2D eigenvalue weighted by atomic mass is 32.1. The summed E-state index contributed by atoms with van der Waals surface area (Å²) >= 11 is 1.37. The molecule has 0 radical (unpaired) electrons. The summed E-state index contributed by atoms with van der Waals surface area (Å²) in [7, 11) is 0. The Morgan fingerprint density at radius 1 is 1.24 bits per heavy atom. The monoisotopic (exact) mass is 354 g/mol. The lowest BCUT2D eigenvalue weighted by Gasteiger charge is -2.11. The lowest BCUT2D eigenvalue weighted by molar-refractivity contribution is 0.102. The van der Waals surface area contributed by atoms with Crippen LogP contribution in [0.4, 0.5) is 5.13 Å². The quantitative estimate of drug-likeness (QED) is 0.777. The first-order chi connectivity index (χ1) is 12.0. The number of carbonyl (C=O) groups is 1. The van der Waals surface area contributed by atoms with Gasteiger partial charge < -0.3 is 4.57 Å². The van der Waals surface area contributed by atoms with Gasteiger partial charge in [-0.15, -0.1) is 10.2 Å². The Bertz CT molecular complexity index is 1020. The zero-order valence-corrected chi connectivity index (χ0v) is 14.8. The first kappa shape index (κ1) is 16.0. The predicted octanol–water partition coefficient (Wildman–Crippen LogP) is 3.56. The molecule has 25 heavy (non-hydrogen) atoms. The molecule has 4 rings (SSSR count). The Morgan fingerprint density at radius 2 is 1.96 bits per heavy atom. The van der Waals surface area contributed by atoms with Gasteiger partial charge in [0.15, 0.2) is 0 Å². The molecule has 3 aromatic rings. The van der Waals surface area contributed by atoms with Crippen molar-refractivity contribution in [1.82, 2.24) is 14.8 Å². The second-order valence-corrected chi connectivity index (χ2v) is 7.60. The third kappa shape index (κ3) is 2.95. The maximum Gasteiger partial charge on any atom is 0.259 e. The van der Waals surface area contributed by atoms with Crippen LogP contribution in [0.15, 0.2) is 35.3 Å². The Kier molecular flexibility index (Phi) is 3.88. The Balaban J connectivity index is 1.75. The zero-order chi connectivity index (χ0) is 17.6. The summed E-state index contributed by atoms with van der Waals surface area (Å²) in [6.45, 7) is 4.07. The number of carbonyl (C=O) groups excluding carboxylic acids is 1. The zero-order valence-electron chi connectivity index (χ0n) is 14.0. The molecule has 2 heterocycles. The molecular formula is C18H18N4O2S. The van der Waals surface area contributed by atoms with Crippen LogP contribution in [0, 0.1) is 0 Å². The highest BCUT2D eigenvalue weighted by molar-refractivity contribution is 7.15. The molecule has 6 nitrogen and oxygen atoms in total. The van der Waals surface area contributed by atoms with E-state index in [2.05, 4.69) is 15.5 Å². The van der Waals surface area contributed by atoms with E-state index < -0.39 is 0 Å². The summed E-state index contributed by atoms with van der Waals surface area (Å²) in [6.07, 6.45) is 3.64. The fraction of sp³-hybridized carbons (Fsp3) is 0.333. The fourth-order valence-electron chi connectivity index (χ4n) is 2.80. The van der Waals surface area contributed by atoms with Crippen LogP contribution < -0.4 is 10.9 Å². The van der Waals surface area contributed by atoms with Crippen molar-refractivity contribution in [3.05, 3.63) is 51.4 Å². The van der Waals surface area contributed by atoms with Gasteiger partial charge in [-0.2, -0.15) is 0 Å². The highest BCUT2D eigenvalue weighted by Crippen LogP contribution is 2.34. The molecular weight excluding hydrogens is 336 g/mol. The van der Waals surface area contributed by atoms with Crippen LogP contribution in [-0.4, -0.2) is 20.7 Å². The number of benzene rings is 1. The van der Waals surface area contributed by atoms with Crippen molar-refractivity contribution in [2.24, 2.45) is 0 Å². The molecule has 1 saturated carbocycles. The molecule has 0 bridgehead atoms. The molecule has 128 valence electrons. The third-order valence-corrected chi connectivity index (χ3v) is 5.43. The molecule has 1 N–H and O–H groups in total. The molecule has 1 fully saturated rings. The Morgan fingerprint density at radius 3 is 2.60 bits per heavy atom. The molecule has 1 aliphatic rings. The van der Waals surface area contributed by atoms with Crippen LogP contribution in [0.2, 0.25) is 0 Å². The topological polar surface area (TPSA) is 76.9 Å². The normalized spacial score (nSPS) is 14.2. The van der Waals surface area contributed by atoms with Crippen LogP contribution in [0.5, 0.6) is 0 Å². The molecule has 0 spiro atoms. The number of nitrogens with one attached hydrogen (secondary N) is 1. The Labute approximate surface area is 148 Å². The minimum Gasteiger partial charge on any atom is -0.311 e.